The van der Waals surface area contributed by atoms with E-state index in [-0.39, 0.29) is 6.10 Å². The minimum Gasteiger partial charge on any atom is -0.496 e. The average molecular weight is 229 g/mol. The zero-order valence-corrected chi connectivity index (χ0v) is 10.1. The predicted octanol–water partition coefficient (Wildman–Crippen LogP) is 2.01. The second-order valence-electron chi connectivity index (χ2n) is 3.44. The molecule has 0 aliphatic carbocycles. The molecule has 1 heterocycles. The van der Waals surface area contributed by atoms with Gasteiger partial charge < -0.3 is 15.2 Å². The van der Waals surface area contributed by atoms with E-state index in [1.165, 1.54) is 4.88 Å². The Morgan fingerprint density at radius 2 is 2.40 bits per heavy atom. The molecule has 0 saturated heterocycles. The number of methoxy groups -OCH3 is 1. The van der Waals surface area contributed by atoms with E-state index in [0.29, 0.717) is 0 Å². The van der Waals surface area contributed by atoms with Crippen molar-refractivity contribution in [2.75, 3.05) is 13.7 Å². The summed E-state index contributed by atoms with van der Waals surface area (Å²) in [4.78, 5) is 1.21. The van der Waals surface area contributed by atoms with E-state index in [9.17, 15) is 5.11 Å². The molecule has 1 unspecified atom stereocenters. The van der Waals surface area contributed by atoms with Gasteiger partial charge in [-0.05, 0) is 30.8 Å². The summed E-state index contributed by atoms with van der Waals surface area (Å²) >= 11 is 1.69. The van der Waals surface area contributed by atoms with Crippen LogP contribution >= 0.6 is 11.3 Å². The smallest absolute Gasteiger partial charge is 0.134 e. The molecule has 0 fully saturated rings. The third-order valence-electron chi connectivity index (χ3n) is 2.34. The molecule has 0 bridgehead atoms. The van der Waals surface area contributed by atoms with Crippen molar-refractivity contribution in [3.05, 3.63) is 16.3 Å². The predicted molar refractivity (Wildman–Crippen MR) is 63.5 cm³/mol. The highest BCUT2D eigenvalue weighted by Crippen LogP contribution is 2.23. The highest BCUT2D eigenvalue weighted by molar-refractivity contribution is 7.10. The third kappa shape index (κ3) is 4.20. The lowest BCUT2D eigenvalue weighted by Crippen LogP contribution is -2.19. The zero-order valence-electron chi connectivity index (χ0n) is 9.32. The summed E-state index contributed by atoms with van der Waals surface area (Å²) in [5.41, 5.74) is 0. The Bertz CT molecular complexity index is 275. The van der Waals surface area contributed by atoms with E-state index in [1.807, 2.05) is 18.4 Å². The monoisotopic (exact) mass is 229 g/mol. The Kier molecular flexibility index (Phi) is 5.68. The molecule has 0 amide bonds. The number of aliphatic hydroxyl groups excluding tert-OH is 1. The summed E-state index contributed by atoms with van der Waals surface area (Å²) in [7, 11) is 1.69. The summed E-state index contributed by atoms with van der Waals surface area (Å²) in [6, 6.07) is 1.97. The molecule has 2 N–H and O–H groups in total. The quantitative estimate of drug-likeness (QED) is 0.703. The van der Waals surface area contributed by atoms with Crippen LogP contribution in [0.1, 0.15) is 24.6 Å². The fourth-order valence-corrected chi connectivity index (χ4v) is 2.12. The van der Waals surface area contributed by atoms with E-state index in [2.05, 4.69) is 5.32 Å². The highest BCUT2D eigenvalue weighted by Gasteiger charge is 2.04. The number of ether oxygens (including phenoxy) is 1. The van der Waals surface area contributed by atoms with Crippen LogP contribution in [0.5, 0.6) is 5.75 Å². The maximum atomic E-state index is 9.35. The number of thiophene rings is 1. The van der Waals surface area contributed by atoms with Crippen molar-refractivity contribution in [1.29, 1.82) is 0 Å². The lowest BCUT2D eigenvalue weighted by atomic mass is 10.2. The number of rotatable bonds is 7. The molecule has 1 atom stereocenters. The van der Waals surface area contributed by atoms with Crippen molar-refractivity contribution in [2.45, 2.75) is 32.4 Å². The maximum absolute atomic E-state index is 9.35. The molecule has 86 valence electrons. The molecular formula is C11H19NO2S. The standard InChI is InChI=1S/C11H19NO2S/c1-3-9(13)4-6-12-8-11-10(14-2)5-7-15-11/h5,7,9,12-13H,3-4,6,8H2,1-2H3. The first-order chi connectivity index (χ1) is 7.27. The maximum Gasteiger partial charge on any atom is 0.134 e. The minimum atomic E-state index is -0.178. The van der Waals surface area contributed by atoms with Gasteiger partial charge in [0.25, 0.3) is 0 Å². The van der Waals surface area contributed by atoms with Crippen molar-refractivity contribution < 1.29 is 9.84 Å². The van der Waals surface area contributed by atoms with E-state index in [1.54, 1.807) is 18.4 Å². The summed E-state index contributed by atoms with van der Waals surface area (Å²) in [5.74, 6) is 0.948. The van der Waals surface area contributed by atoms with Crippen LogP contribution in [0, 0.1) is 0 Å². The van der Waals surface area contributed by atoms with Crippen LogP contribution in [0.3, 0.4) is 0 Å². The molecule has 4 heteroatoms. The number of aliphatic hydroxyl groups is 1. The van der Waals surface area contributed by atoms with Gasteiger partial charge in [0.05, 0.1) is 18.1 Å². The summed E-state index contributed by atoms with van der Waals surface area (Å²) in [6.07, 6.45) is 1.46. The van der Waals surface area contributed by atoms with Crippen LogP contribution in [-0.4, -0.2) is 24.9 Å². The number of hydrogen-bond acceptors (Lipinski definition) is 4. The van der Waals surface area contributed by atoms with E-state index in [0.717, 1.165) is 31.7 Å². The largest absolute Gasteiger partial charge is 0.496 e. The molecule has 0 spiro atoms. The van der Waals surface area contributed by atoms with Gasteiger partial charge in [-0.2, -0.15) is 0 Å². The fourth-order valence-electron chi connectivity index (χ4n) is 1.31. The molecule has 1 rings (SSSR count). The van der Waals surface area contributed by atoms with Crippen molar-refractivity contribution in [3.63, 3.8) is 0 Å². The van der Waals surface area contributed by atoms with E-state index >= 15 is 0 Å². The van der Waals surface area contributed by atoms with Gasteiger partial charge in [0, 0.05) is 6.54 Å². The van der Waals surface area contributed by atoms with E-state index < -0.39 is 0 Å². The van der Waals surface area contributed by atoms with Crippen molar-refractivity contribution in [1.82, 2.24) is 5.32 Å². The van der Waals surface area contributed by atoms with Crippen molar-refractivity contribution >= 4 is 11.3 Å². The van der Waals surface area contributed by atoms with Crippen LogP contribution in [-0.2, 0) is 6.54 Å². The van der Waals surface area contributed by atoms with E-state index in [4.69, 9.17) is 4.74 Å². The zero-order chi connectivity index (χ0) is 11.1. The van der Waals surface area contributed by atoms with Crippen molar-refractivity contribution in [2.24, 2.45) is 0 Å². The Balaban J connectivity index is 2.20. The Morgan fingerprint density at radius 3 is 3.07 bits per heavy atom. The van der Waals surface area contributed by atoms with Gasteiger partial charge in [0.15, 0.2) is 0 Å². The van der Waals surface area contributed by atoms with Gasteiger partial charge in [-0.15, -0.1) is 11.3 Å². The third-order valence-corrected chi connectivity index (χ3v) is 3.24. The molecule has 1 aromatic rings. The number of nitrogens with one attached hydrogen (secondary N) is 1. The fraction of sp³-hybridized carbons (Fsp3) is 0.636. The highest BCUT2D eigenvalue weighted by atomic mass is 32.1. The Labute approximate surface area is 95.1 Å². The average Bonchev–Trinajstić information content (AvgIpc) is 2.71. The van der Waals surface area contributed by atoms with Gasteiger partial charge in [0.2, 0.25) is 0 Å². The lowest BCUT2D eigenvalue weighted by Gasteiger charge is -2.08. The normalized spacial score (nSPS) is 12.7. The molecule has 1 aromatic heterocycles. The SMILES string of the molecule is CCC(O)CCNCc1sccc1OC. The number of hydrogen-bond donors (Lipinski definition) is 2. The van der Waals surface area contributed by atoms with Crippen LogP contribution in [0.4, 0.5) is 0 Å². The second kappa shape index (κ2) is 6.82. The van der Waals surface area contributed by atoms with Crippen LogP contribution < -0.4 is 10.1 Å². The second-order valence-corrected chi connectivity index (χ2v) is 4.44. The summed E-state index contributed by atoms with van der Waals surface area (Å²) < 4.78 is 5.21. The molecule has 0 aromatic carbocycles. The molecule has 15 heavy (non-hydrogen) atoms. The minimum absolute atomic E-state index is 0.178. The topological polar surface area (TPSA) is 41.5 Å². The molecule has 0 saturated carbocycles. The van der Waals surface area contributed by atoms with Crippen LogP contribution in [0.2, 0.25) is 0 Å². The molecule has 3 nitrogen and oxygen atoms in total. The van der Waals surface area contributed by atoms with Crippen LogP contribution in [0.15, 0.2) is 11.4 Å². The molecule has 0 radical (unpaired) electrons. The summed E-state index contributed by atoms with van der Waals surface area (Å²) in [5, 5.41) is 14.7. The lowest BCUT2D eigenvalue weighted by molar-refractivity contribution is 0.159. The Morgan fingerprint density at radius 1 is 1.60 bits per heavy atom. The van der Waals surface area contributed by atoms with Gasteiger partial charge in [0.1, 0.15) is 5.75 Å². The first-order valence-electron chi connectivity index (χ1n) is 5.27. The molecular weight excluding hydrogens is 210 g/mol. The van der Waals surface area contributed by atoms with Gasteiger partial charge >= 0.3 is 0 Å². The first kappa shape index (κ1) is 12.5. The van der Waals surface area contributed by atoms with Gasteiger partial charge in [-0.3, -0.25) is 0 Å². The molecule has 0 aliphatic heterocycles. The molecule has 0 aliphatic rings. The Hall–Kier alpha value is -0.580. The van der Waals surface area contributed by atoms with Gasteiger partial charge in [-0.1, -0.05) is 6.92 Å². The van der Waals surface area contributed by atoms with Gasteiger partial charge in [-0.25, -0.2) is 0 Å². The van der Waals surface area contributed by atoms with Crippen LogP contribution in [0.25, 0.3) is 0 Å². The van der Waals surface area contributed by atoms with Crippen molar-refractivity contribution in [3.8, 4) is 5.75 Å². The first-order valence-corrected chi connectivity index (χ1v) is 6.15. The summed E-state index contributed by atoms with van der Waals surface area (Å²) in [6.45, 7) is 3.65.